The Morgan fingerprint density at radius 2 is 1.53 bits per heavy atom. The third-order valence-electron chi connectivity index (χ3n) is 2.39. The molecule has 4 heteroatoms. The van der Waals surface area contributed by atoms with E-state index in [1.807, 2.05) is 0 Å². The van der Waals surface area contributed by atoms with Gasteiger partial charge in [0.1, 0.15) is 11.6 Å². The average molecular weight is 234 g/mol. The molecule has 0 aliphatic carbocycles. The Balaban J connectivity index is 2.31. The highest BCUT2D eigenvalue weighted by atomic mass is 19.1. The molecular weight excluding hydrogens is 222 g/mol. The number of rotatable bonds is 2. The fraction of sp³-hybridized carbons (Fsp3) is 0.0769. The van der Waals surface area contributed by atoms with Crippen LogP contribution in [0.2, 0.25) is 0 Å². The van der Waals surface area contributed by atoms with Crippen LogP contribution < -0.4 is 11.1 Å². The van der Waals surface area contributed by atoms with Gasteiger partial charge in [-0.25, -0.2) is 8.78 Å². The summed E-state index contributed by atoms with van der Waals surface area (Å²) < 4.78 is 27.0. The van der Waals surface area contributed by atoms with Crippen LogP contribution in [0.3, 0.4) is 0 Å². The molecule has 0 unspecified atom stereocenters. The molecule has 3 N–H and O–H groups in total. The monoisotopic (exact) mass is 234 g/mol. The van der Waals surface area contributed by atoms with Gasteiger partial charge >= 0.3 is 0 Å². The van der Waals surface area contributed by atoms with Crippen molar-refractivity contribution in [1.82, 2.24) is 0 Å². The van der Waals surface area contributed by atoms with Crippen LogP contribution in [0.5, 0.6) is 0 Å². The first-order valence-electron chi connectivity index (χ1n) is 5.14. The highest BCUT2D eigenvalue weighted by molar-refractivity contribution is 5.63. The summed E-state index contributed by atoms with van der Waals surface area (Å²) in [7, 11) is 0. The second kappa shape index (κ2) is 4.41. The highest BCUT2D eigenvalue weighted by Gasteiger charge is 2.06. The molecule has 0 fully saturated rings. The summed E-state index contributed by atoms with van der Waals surface area (Å²) in [6, 6.07) is 8.93. The second-order valence-electron chi connectivity index (χ2n) is 3.85. The molecule has 88 valence electrons. The zero-order valence-electron chi connectivity index (χ0n) is 9.30. The molecule has 0 saturated carbocycles. The van der Waals surface area contributed by atoms with Gasteiger partial charge in [-0.05, 0) is 42.8 Å². The number of benzene rings is 2. The van der Waals surface area contributed by atoms with E-state index in [1.54, 1.807) is 25.1 Å². The first-order chi connectivity index (χ1) is 8.06. The summed E-state index contributed by atoms with van der Waals surface area (Å²) in [6.07, 6.45) is 0. The number of aryl methyl sites for hydroxylation is 1. The van der Waals surface area contributed by atoms with Crippen LogP contribution >= 0.6 is 0 Å². The van der Waals surface area contributed by atoms with E-state index >= 15 is 0 Å². The minimum absolute atomic E-state index is 0.196. The smallest absolute Gasteiger partial charge is 0.148 e. The van der Waals surface area contributed by atoms with Gasteiger partial charge < -0.3 is 11.1 Å². The molecule has 0 bridgehead atoms. The molecule has 2 aromatic carbocycles. The van der Waals surface area contributed by atoms with Crippen molar-refractivity contribution < 1.29 is 8.78 Å². The maximum atomic E-state index is 13.5. The van der Waals surface area contributed by atoms with Crippen molar-refractivity contribution in [3.8, 4) is 0 Å². The molecular formula is C13H12F2N2. The van der Waals surface area contributed by atoms with Gasteiger partial charge in [0.05, 0.1) is 11.4 Å². The summed E-state index contributed by atoms with van der Waals surface area (Å²) in [4.78, 5) is 0. The van der Waals surface area contributed by atoms with Crippen molar-refractivity contribution in [1.29, 1.82) is 0 Å². The van der Waals surface area contributed by atoms with Gasteiger partial charge in [-0.2, -0.15) is 0 Å². The molecule has 0 spiro atoms. The van der Waals surface area contributed by atoms with E-state index in [0.717, 1.165) is 5.56 Å². The lowest BCUT2D eigenvalue weighted by Crippen LogP contribution is -1.97. The maximum Gasteiger partial charge on any atom is 0.148 e. The fourth-order valence-electron chi connectivity index (χ4n) is 1.50. The molecule has 17 heavy (non-hydrogen) atoms. The van der Waals surface area contributed by atoms with Gasteiger partial charge in [-0.3, -0.25) is 0 Å². The van der Waals surface area contributed by atoms with E-state index in [4.69, 9.17) is 5.73 Å². The van der Waals surface area contributed by atoms with Crippen molar-refractivity contribution in [2.45, 2.75) is 6.92 Å². The molecule has 2 rings (SSSR count). The van der Waals surface area contributed by atoms with Gasteiger partial charge in [0, 0.05) is 5.69 Å². The summed E-state index contributed by atoms with van der Waals surface area (Å²) >= 11 is 0. The number of nitrogens with one attached hydrogen (secondary N) is 1. The Hall–Kier alpha value is -2.10. The van der Waals surface area contributed by atoms with Crippen molar-refractivity contribution in [2.24, 2.45) is 0 Å². The fourth-order valence-corrected chi connectivity index (χ4v) is 1.50. The lowest BCUT2D eigenvalue weighted by Gasteiger charge is -2.09. The van der Waals surface area contributed by atoms with E-state index < -0.39 is 11.6 Å². The average Bonchev–Trinajstić information content (AvgIpc) is 2.25. The zero-order chi connectivity index (χ0) is 12.4. The van der Waals surface area contributed by atoms with Crippen molar-refractivity contribution in [2.75, 3.05) is 11.1 Å². The minimum Gasteiger partial charge on any atom is -0.399 e. The highest BCUT2D eigenvalue weighted by Crippen LogP contribution is 2.24. The van der Waals surface area contributed by atoms with Crippen LogP contribution in [0.4, 0.5) is 25.8 Å². The van der Waals surface area contributed by atoms with Crippen LogP contribution in [-0.4, -0.2) is 0 Å². The lowest BCUT2D eigenvalue weighted by molar-refractivity contribution is 0.625. The number of hydrogen-bond donors (Lipinski definition) is 2. The van der Waals surface area contributed by atoms with Crippen molar-refractivity contribution in [3.63, 3.8) is 0 Å². The number of anilines is 3. The quantitative estimate of drug-likeness (QED) is 0.779. The predicted molar refractivity (Wildman–Crippen MR) is 65.2 cm³/mol. The van der Waals surface area contributed by atoms with Crippen LogP contribution in [0.25, 0.3) is 0 Å². The molecule has 2 nitrogen and oxygen atoms in total. The van der Waals surface area contributed by atoms with Gasteiger partial charge in [0.15, 0.2) is 0 Å². The summed E-state index contributed by atoms with van der Waals surface area (Å²) in [5.74, 6) is -0.925. The molecule has 0 aromatic heterocycles. The summed E-state index contributed by atoms with van der Waals surface area (Å²) in [6.45, 7) is 1.79. The Bertz CT molecular complexity index is 504. The normalized spacial score (nSPS) is 10.3. The number of nitrogen functional groups attached to an aromatic ring is 1. The molecule has 0 heterocycles. The second-order valence-corrected chi connectivity index (χ2v) is 3.85. The largest absolute Gasteiger partial charge is 0.399 e. The molecule has 0 radical (unpaired) electrons. The summed E-state index contributed by atoms with van der Waals surface area (Å²) in [5.41, 5.74) is 7.00. The van der Waals surface area contributed by atoms with E-state index in [9.17, 15) is 8.78 Å². The van der Waals surface area contributed by atoms with Gasteiger partial charge in [-0.15, -0.1) is 0 Å². The first kappa shape index (κ1) is 11.4. The third-order valence-corrected chi connectivity index (χ3v) is 2.39. The van der Waals surface area contributed by atoms with E-state index in [0.29, 0.717) is 5.69 Å². The Morgan fingerprint density at radius 1 is 0.941 bits per heavy atom. The van der Waals surface area contributed by atoms with Crippen molar-refractivity contribution in [3.05, 3.63) is 53.6 Å². The third kappa shape index (κ3) is 2.53. The molecule has 0 aliphatic heterocycles. The van der Waals surface area contributed by atoms with Crippen molar-refractivity contribution >= 4 is 17.1 Å². The SMILES string of the molecule is Cc1ccc(Nc2ccc(N)cc2F)c(F)c1. The Morgan fingerprint density at radius 3 is 2.12 bits per heavy atom. The van der Waals surface area contributed by atoms with E-state index in [-0.39, 0.29) is 11.4 Å². The van der Waals surface area contributed by atoms with Gasteiger partial charge in [0.25, 0.3) is 0 Å². The Kier molecular flexibility index (Phi) is 2.95. The molecule has 0 aliphatic rings. The molecule has 0 atom stereocenters. The topological polar surface area (TPSA) is 38.0 Å². The van der Waals surface area contributed by atoms with E-state index in [2.05, 4.69) is 5.32 Å². The first-order valence-corrected chi connectivity index (χ1v) is 5.14. The molecule has 0 saturated heterocycles. The van der Waals surface area contributed by atoms with E-state index in [1.165, 1.54) is 18.2 Å². The van der Waals surface area contributed by atoms with Crippen LogP contribution in [0, 0.1) is 18.6 Å². The van der Waals surface area contributed by atoms with Gasteiger partial charge in [0.2, 0.25) is 0 Å². The Labute approximate surface area is 98.1 Å². The zero-order valence-corrected chi connectivity index (χ0v) is 9.30. The van der Waals surface area contributed by atoms with Gasteiger partial charge in [-0.1, -0.05) is 6.07 Å². The predicted octanol–water partition coefficient (Wildman–Crippen LogP) is 3.60. The number of nitrogens with two attached hydrogens (primary N) is 1. The molecule has 0 amide bonds. The van der Waals surface area contributed by atoms with Crippen LogP contribution in [0.1, 0.15) is 5.56 Å². The number of halogens is 2. The molecule has 2 aromatic rings. The summed E-state index contributed by atoms with van der Waals surface area (Å²) in [5, 5.41) is 2.69. The van der Waals surface area contributed by atoms with Crippen LogP contribution in [-0.2, 0) is 0 Å². The van der Waals surface area contributed by atoms with Crippen LogP contribution in [0.15, 0.2) is 36.4 Å². The maximum absolute atomic E-state index is 13.5. The number of hydrogen-bond acceptors (Lipinski definition) is 2. The lowest BCUT2D eigenvalue weighted by atomic mass is 10.2. The minimum atomic E-state index is -0.509. The standard InChI is InChI=1S/C13H12F2N2/c1-8-2-4-12(10(14)6-8)17-13-5-3-9(16)7-11(13)15/h2-7,17H,16H2,1H3.